The van der Waals surface area contributed by atoms with Gasteiger partial charge >= 0.3 is 0 Å². The summed E-state index contributed by atoms with van der Waals surface area (Å²) in [4.78, 5) is 2.59. The largest absolute Gasteiger partial charge is 0.313 e. The summed E-state index contributed by atoms with van der Waals surface area (Å²) in [5.41, 5.74) is 4.26. The highest BCUT2D eigenvalue weighted by Crippen LogP contribution is 2.15. The van der Waals surface area contributed by atoms with Gasteiger partial charge in [0.15, 0.2) is 0 Å². The summed E-state index contributed by atoms with van der Waals surface area (Å²) < 4.78 is 0. The third-order valence-electron chi connectivity index (χ3n) is 4.70. The minimum atomic E-state index is 0.646. The van der Waals surface area contributed by atoms with E-state index in [1.165, 1.54) is 36.1 Å². The van der Waals surface area contributed by atoms with E-state index >= 15 is 0 Å². The van der Waals surface area contributed by atoms with Gasteiger partial charge in [-0.2, -0.15) is 0 Å². The highest BCUT2D eigenvalue weighted by molar-refractivity contribution is 5.23. The van der Waals surface area contributed by atoms with E-state index in [2.05, 4.69) is 71.7 Å². The van der Waals surface area contributed by atoms with Crippen LogP contribution < -0.4 is 5.32 Å². The maximum atomic E-state index is 3.64. The molecule has 1 heterocycles. The molecule has 0 spiro atoms. The number of nitrogens with zero attached hydrogens (tertiary/aromatic N) is 1. The first-order valence-corrected chi connectivity index (χ1v) is 8.91. The van der Waals surface area contributed by atoms with Crippen molar-refractivity contribution in [3.63, 3.8) is 0 Å². The Hall–Kier alpha value is -1.64. The van der Waals surface area contributed by atoms with E-state index in [-0.39, 0.29) is 0 Å². The fraction of sp³-hybridized carbons (Fsp3) is 0.429. The SMILES string of the molecule is CCc1cccc(CN(Cc2ccccc2)C[C@@H]2CCCN2)c1. The number of nitrogens with one attached hydrogen (secondary N) is 1. The van der Waals surface area contributed by atoms with Crippen LogP contribution in [0.1, 0.15) is 36.5 Å². The molecule has 0 aromatic heterocycles. The molecule has 1 saturated heterocycles. The van der Waals surface area contributed by atoms with Crippen molar-refractivity contribution in [3.8, 4) is 0 Å². The molecule has 1 aliphatic heterocycles. The van der Waals surface area contributed by atoms with Crippen molar-refractivity contribution in [1.82, 2.24) is 10.2 Å². The second-order valence-corrected chi connectivity index (χ2v) is 6.62. The van der Waals surface area contributed by atoms with Crippen LogP contribution in [0.25, 0.3) is 0 Å². The van der Waals surface area contributed by atoms with Gasteiger partial charge in [-0.25, -0.2) is 0 Å². The van der Waals surface area contributed by atoms with Crippen LogP contribution in [0.5, 0.6) is 0 Å². The van der Waals surface area contributed by atoms with Crippen molar-refractivity contribution in [1.29, 1.82) is 0 Å². The summed E-state index contributed by atoms with van der Waals surface area (Å²) in [6.07, 6.45) is 3.73. The highest BCUT2D eigenvalue weighted by atomic mass is 15.2. The topological polar surface area (TPSA) is 15.3 Å². The van der Waals surface area contributed by atoms with E-state index in [4.69, 9.17) is 0 Å². The van der Waals surface area contributed by atoms with Gasteiger partial charge in [-0.1, -0.05) is 61.5 Å². The molecular weight excluding hydrogens is 280 g/mol. The number of hydrogen-bond donors (Lipinski definition) is 1. The van der Waals surface area contributed by atoms with Gasteiger partial charge in [0.25, 0.3) is 0 Å². The van der Waals surface area contributed by atoms with Crippen LogP contribution in [0.4, 0.5) is 0 Å². The lowest BCUT2D eigenvalue weighted by molar-refractivity contribution is 0.233. The lowest BCUT2D eigenvalue weighted by Crippen LogP contribution is -2.36. The average molecular weight is 308 g/mol. The minimum Gasteiger partial charge on any atom is -0.313 e. The van der Waals surface area contributed by atoms with Crippen molar-refractivity contribution < 1.29 is 0 Å². The first-order chi connectivity index (χ1) is 11.3. The molecule has 0 saturated carbocycles. The predicted octanol–water partition coefficient (Wildman–Crippen LogP) is 4.00. The Morgan fingerprint density at radius 2 is 1.70 bits per heavy atom. The number of rotatable bonds is 7. The lowest BCUT2D eigenvalue weighted by atomic mass is 10.1. The Morgan fingerprint density at radius 1 is 0.957 bits per heavy atom. The first-order valence-electron chi connectivity index (χ1n) is 8.91. The van der Waals surface area contributed by atoms with Gasteiger partial charge in [0.2, 0.25) is 0 Å². The summed E-state index contributed by atoms with van der Waals surface area (Å²) in [5.74, 6) is 0. The fourth-order valence-electron chi connectivity index (χ4n) is 3.46. The molecule has 2 heteroatoms. The predicted molar refractivity (Wildman–Crippen MR) is 97.4 cm³/mol. The Bertz CT molecular complexity index is 588. The van der Waals surface area contributed by atoms with Gasteiger partial charge in [0, 0.05) is 25.7 Å². The normalized spacial score (nSPS) is 17.7. The molecule has 2 nitrogen and oxygen atoms in total. The molecule has 1 atom stereocenters. The molecule has 3 rings (SSSR count). The summed E-state index contributed by atoms with van der Waals surface area (Å²) in [7, 11) is 0. The highest BCUT2D eigenvalue weighted by Gasteiger charge is 2.18. The standard InChI is InChI=1S/C21H28N2/c1-2-18-10-6-11-20(14-18)16-23(17-21-12-7-13-22-21)15-19-8-4-3-5-9-19/h3-6,8-11,14,21-22H,2,7,12-13,15-17H2,1H3/t21-/m0/s1. The Labute approximate surface area is 140 Å². The molecule has 0 unspecified atom stereocenters. The quantitative estimate of drug-likeness (QED) is 0.831. The summed E-state index contributed by atoms with van der Waals surface area (Å²) >= 11 is 0. The van der Waals surface area contributed by atoms with Gasteiger partial charge in [-0.05, 0) is 42.5 Å². The van der Waals surface area contributed by atoms with Crippen LogP contribution in [-0.4, -0.2) is 24.0 Å². The third kappa shape index (κ3) is 4.92. The molecule has 0 bridgehead atoms. The van der Waals surface area contributed by atoms with Crippen LogP contribution in [0.2, 0.25) is 0 Å². The van der Waals surface area contributed by atoms with E-state index in [0.29, 0.717) is 6.04 Å². The molecule has 23 heavy (non-hydrogen) atoms. The molecule has 122 valence electrons. The first kappa shape index (κ1) is 16.2. The number of benzene rings is 2. The van der Waals surface area contributed by atoms with Crippen molar-refractivity contribution in [2.24, 2.45) is 0 Å². The van der Waals surface area contributed by atoms with Crippen LogP contribution in [-0.2, 0) is 19.5 Å². The Morgan fingerprint density at radius 3 is 2.43 bits per heavy atom. The molecule has 0 radical (unpaired) electrons. The zero-order chi connectivity index (χ0) is 15.9. The summed E-state index contributed by atoms with van der Waals surface area (Å²) in [6, 6.07) is 20.5. The molecular formula is C21H28N2. The third-order valence-corrected chi connectivity index (χ3v) is 4.70. The van der Waals surface area contributed by atoms with Gasteiger partial charge < -0.3 is 5.32 Å². The second kappa shape index (κ2) is 8.28. The van der Waals surface area contributed by atoms with E-state index in [0.717, 1.165) is 26.1 Å². The number of aryl methyl sites for hydroxylation is 1. The molecule has 1 fully saturated rings. The number of hydrogen-bond acceptors (Lipinski definition) is 2. The van der Waals surface area contributed by atoms with E-state index < -0.39 is 0 Å². The van der Waals surface area contributed by atoms with Crippen molar-refractivity contribution >= 4 is 0 Å². The van der Waals surface area contributed by atoms with Crippen LogP contribution in [0, 0.1) is 0 Å². The van der Waals surface area contributed by atoms with E-state index in [1.807, 2.05) is 0 Å². The van der Waals surface area contributed by atoms with Crippen molar-refractivity contribution in [2.45, 2.75) is 45.3 Å². The van der Waals surface area contributed by atoms with Gasteiger partial charge in [0.1, 0.15) is 0 Å². The molecule has 1 N–H and O–H groups in total. The smallest absolute Gasteiger partial charge is 0.0238 e. The maximum absolute atomic E-state index is 3.64. The zero-order valence-electron chi connectivity index (χ0n) is 14.2. The van der Waals surface area contributed by atoms with E-state index in [9.17, 15) is 0 Å². The zero-order valence-corrected chi connectivity index (χ0v) is 14.2. The van der Waals surface area contributed by atoms with Gasteiger partial charge in [-0.15, -0.1) is 0 Å². The Balaban J connectivity index is 1.70. The summed E-state index contributed by atoms with van der Waals surface area (Å²) in [5, 5.41) is 3.64. The van der Waals surface area contributed by atoms with Crippen LogP contribution in [0.15, 0.2) is 54.6 Å². The molecule has 0 aliphatic carbocycles. The molecule has 2 aromatic rings. The molecule has 2 aromatic carbocycles. The monoisotopic (exact) mass is 308 g/mol. The minimum absolute atomic E-state index is 0.646. The second-order valence-electron chi connectivity index (χ2n) is 6.62. The summed E-state index contributed by atoms with van der Waals surface area (Å²) in [6.45, 7) is 6.58. The van der Waals surface area contributed by atoms with Crippen LogP contribution >= 0.6 is 0 Å². The Kier molecular flexibility index (Phi) is 5.84. The van der Waals surface area contributed by atoms with Crippen LogP contribution in [0.3, 0.4) is 0 Å². The molecule has 0 amide bonds. The van der Waals surface area contributed by atoms with E-state index in [1.54, 1.807) is 0 Å². The van der Waals surface area contributed by atoms with Crippen molar-refractivity contribution in [2.75, 3.05) is 13.1 Å². The van der Waals surface area contributed by atoms with Gasteiger partial charge in [-0.3, -0.25) is 4.90 Å². The lowest BCUT2D eigenvalue weighted by Gasteiger charge is -2.26. The average Bonchev–Trinajstić information content (AvgIpc) is 3.09. The molecule has 1 aliphatic rings. The van der Waals surface area contributed by atoms with Crippen molar-refractivity contribution in [3.05, 3.63) is 71.3 Å². The maximum Gasteiger partial charge on any atom is 0.0238 e. The van der Waals surface area contributed by atoms with Gasteiger partial charge in [0.05, 0.1) is 0 Å². The fourth-order valence-corrected chi connectivity index (χ4v) is 3.46.